The summed E-state index contributed by atoms with van der Waals surface area (Å²) < 4.78 is 5.85. The van der Waals surface area contributed by atoms with Gasteiger partial charge in [-0.2, -0.15) is 4.98 Å². The molecule has 1 heterocycles. The molecule has 0 radical (unpaired) electrons. The van der Waals surface area contributed by atoms with Crippen LogP contribution in [0.5, 0.6) is 0 Å². The average molecular weight is 533 g/mol. The number of Topliss-reactive ketones (excluding diaryl/α,β-unsaturated/α-hetero) is 1. The van der Waals surface area contributed by atoms with Crippen molar-refractivity contribution in [3.8, 4) is 0 Å². The van der Waals surface area contributed by atoms with Crippen molar-refractivity contribution in [3.63, 3.8) is 0 Å². The first-order valence-corrected chi connectivity index (χ1v) is 14.4. The Labute approximate surface area is 232 Å². The molecule has 210 valence electrons. The number of hydrogen-bond acceptors (Lipinski definition) is 7. The maximum atomic E-state index is 13.6. The first-order chi connectivity index (χ1) is 18.5. The maximum Gasteiger partial charge on any atom is 0.295 e. The number of fused-ring (bicyclic) bond motifs is 5. The number of aliphatic hydroxyl groups excluding tert-OH is 1. The molecule has 1 aromatic heterocycles. The van der Waals surface area contributed by atoms with Crippen molar-refractivity contribution in [2.75, 3.05) is 11.9 Å². The zero-order chi connectivity index (χ0) is 28.1. The molecule has 7 unspecified atom stereocenters. The lowest BCUT2D eigenvalue weighted by molar-refractivity contribution is -0.140. The first-order valence-electron chi connectivity index (χ1n) is 14.4. The lowest BCUT2D eigenvalue weighted by atomic mass is 9.46. The topological polar surface area (TPSA) is 125 Å². The number of nitrogens with one attached hydrogen (secondary N) is 2. The minimum atomic E-state index is -0.484. The van der Waals surface area contributed by atoms with Gasteiger partial charge in [0.1, 0.15) is 0 Å². The Bertz CT molecular complexity index is 1280. The standard InChI is InChI=1S/C32H44N4O3/c1-18(2)7-6-8-28-19(3)36-30(39-28)35-17-27(38)24-12-11-23-22-10-9-21-13-25(34)20(16-33)14-31(21,4)29(22)26(37)15-32(23,24)5/h6-8,13,16,22-24,26,29,33,37H,9-12,14-15,17,34H2,1-5H3,(H,35,36)/b8-6-,33-16?. The molecule has 7 heteroatoms. The molecule has 7 atom stereocenters. The summed E-state index contributed by atoms with van der Waals surface area (Å²) in [6.07, 6.45) is 14.0. The molecule has 4 aliphatic rings. The van der Waals surface area contributed by atoms with Crippen LogP contribution in [0.3, 0.4) is 0 Å². The van der Waals surface area contributed by atoms with Crippen molar-refractivity contribution in [1.82, 2.24) is 4.98 Å². The van der Waals surface area contributed by atoms with Crippen LogP contribution < -0.4 is 11.1 Å². The van der Waals surface area contributed by atoms with Gasteiger partial charge in [-0.1, -0.05) is 37.1 Å². The van der Waals surface area contributed by atoms with Gasteiger partial charge in [-0.05, 0) is 106 Å². The van der Waals surface area contributed by atoms with Crippen LogP contribution in [0, 0.1) is 46.8 Å². The minimum absolute atomic E-state index is 0.0949. The number of oxazole rings is 1. The fourth-order valence-corrected chi connectivity index (χ4v) is 8.64. The normalized spacial score (nSPS) is 35.6. The highest BCUT2D eigenvalue weighted by Crippen LogP contribution is 2.66. The van der Waals surface area contributed by atoms with Gasteiger partial charge in [0, 0.05) is 17.8 Å². The van der Waals surface area contributed by atoms with E-state index in [1.54, 1.807) is 0 Å². The van der Waals surface area contributed by atoms with Crippen molar-refractivity contribution in [2.45, 2.75) is 79.2 Å². The van der Waals surface area contributed by atoms with E-state index >= 15 is 0 Å². The predicted octanol–water partition coefficient (Wildman–Crippen LogP) is 5.97. The zero-order valence-corrected chi connectivity index (χ0v) is 24.0. The molecular weight excluding hydrogens is 488 g/mol. The molecule has 0 aromatic carbocycles. The second kappa shape index (κ2) is 10.2. The van der Waals surface area contributed by atoms with Crippen LogP contribution in [0.1, 0.15) is 77.7 Å². The Morgan fingerprint density at radius 1 is 1.31 bits per heavy atom. The van der Waals surface area contributed by atoms with Crippen LogP contribution in [0.15, 0.2) is 45.1 Å². The van der Waals surface area contributed by atoms with Gasteiger partial charge >= 0.3 is 0 Å². The molecule has 1 aromatic rings. The fraction of sp³-hybridized carbons (Fsp3) is 0.594. The van der Waals surface area contributed by atoms with Crippen molar-refractivity contribution in [3.05, 3.63) is 52.1 Å². The molecule has 7 nitrogen and oxygen atoms in total. The van der Waals surface area contributed by atoms with Crippen LogP contribution in [-0.2, 0) is 4.79 Å². The third kappa shape index (κ3) is 4.73. The van der Waals surface area contributed by atoms with E-state index < -0.39 is 6.10 Å². The molecule has 0 aliphatic heterocycles. The van der Waals surface area contributed by atoms with Crippen molar-refractivity contribution in [1.29, 1.82) is 5.41 Å². The van der Waals surface area contributed by atoms with E-state index in [-0.39, 0.29) is 35.0 Å². The van der Waals surface area contributed by atoms with E-state index in [9.17, 15) is 9.90 Å². The van der Waals surface area contributed by atoms with E-state index in [1.165, 1.54) is 17.4 Å². The van der Waals surface area contributed by atoms with Gasteiger partial charge in [-0.15, -0.1) is 0 Å². The zero-order valence-electron chi connectivity index (χ0n) is 24.0. The SMILES string of the molecule is CC(C)=C/C=C\c1oc(NCC(=O)C2CCC3C4CCC5=CC(N)=C(C=N)CC5(C)C4C(O)CC23C)nc1C. The van der Waals surface area contributed by atoms with Crippen LogP contribution in [0.2, 0.25) is 0 Å². The molecule has 39 heavy (non-hydrogen) atoms. The molecule has 0 amide bonds. The average Bonchev–Trinajstić information content (AvgIpc) is 3.40. The third-order valence-electron chi connectivity index (χ3n) is 10.4. The number of aliphatic hydroxyl groups is 1. The number of carbonyl (C=O) groups excluding carboxylic acids is 1. The molecular formula is C32H44N4O3. The van der Waals surface area contributed by atoms with Gasteiger partial charge < -0.3 is 26.0 Å². The quantitative estimate of drug-likeness (QED) is 0.253. The number of anilines is 1. The summed E-state index contributed by atoms with van der Waals surface area (Å²) in [6.45, 7) is 10.6. The molecule has 0 spiro atoms. The first kappa shape index (κ1) is 27.6. The Hall–Kier alpha value is -2.93. The summed E-state index contributed by atoms with van der Waals surface area (Å²) in [4.78, 5) is 18.1. The summed E-state index contributed by atoms with van der Waals surface area (Å²) in [7, 11) is 0. The van der Waals surface area contributed by atoms with Crippen LogP contribution in [0.25, 0.3) is 6.08 Å². The highest BCUT2D eigenvalue weighted by atomic mass is 16.4. The van der Waals surface area contributed by atoms with E-state index in [2.05, 4.69) is 30.2 Å². The van der Waals surface area contributed by atoms with Gasteiger partial charge in [-0.3, -0.25) is 4.79 Å². The maximum absolute atomic E-state index is 13.6. The number of nitrogens with zero attached hydrogens (tertiary/aromatic N) is 1. The molecule has 0 saturated heterocycles. The van der Waals surface area contributed by atoms with Gasteiger partial charge in [0.05, 0.1) is 18.3 Å². The Kier molecular flexibility index (Phi) is 7.25. The summed E-state index contributed by atoms with van der Waals surface area (Å²) in [5.41, 5.74) is 10.7. The molecule has 0 bridgehead atoms. The number of allylic oxidation sites excluding steroid dienone is 6. The predicted molar refractivity (Wildman–Crippen MR) is 155 cm³/mol. The highest BCUT2D eigenvalue weighted by molar-refractivity contribution is 5.86. The third-order valence-corrected chi connectivity index (χ3v) is 10.4. The van der Waals surface area contributed by atoms with Gasteiger partial charge in [0.15, 0.2) is 11.5 Å². The number of rotatable bonds is 7. The number of aryl methyl sites for hydroxylation is 1. The van der Waals surface area contributed by atoms with Crippen LogP contribution in [-0.4, -0.2) is 34.7 Å². The molecule has 5 rings (SSSR count). The van der Waals surface area contributed by atoms with Crippen molar-refractivity contribution >= 4 is 24.1 Å². The molecule has 3 fully saturated rings. The molecule has 5 N–H and O–H groups in total. The summed E-state index contributed by atoms with van der Waals surface area (Å²) in [5.74, 6) is 1.65. The van der Waals surface area contributed by atoms with Crippen molar-refractivity contribution < 1.29 is 14.3 Å². The Morgan fingerprint density at radius 3 is 2.79 bits per heavy atom. The Balaban J connectivity index is 1.30. The number of nitrogens with two attached hydrogens (primary N) is 1. The lowest BCUT2D eigenvalue weighted by Crippen LogP contribution is -2.57. The van der Waals surface area contributed by atoms with Gasteiger partial charge in [0.2, 0.25) is 0 Å². The smallest absolute Gasteiger partial charge is 0.295 e. The van der Waals surface area contributed by atoms with E-state index in [4.69, 9.17) is 15.6 Å². The Morgan fingerprint density at radius 2 is 2.08 bits per heavy atom. The van der Waals surface area contributed by atoms with E-state index in [0.717, 1.165) is 37.0 Å². The van der Waals surface area contributed by atoms with Gasteiger partial charge in [-0.25, -0.2) is 0 Å². The number of aromatic nitrogens is 1. The lowest BCUT2D eigenvalue weighted by Gasteiger charge is -2.59. The molecule has 3 saturated carbocycles. The van der Waals surface area contributed by atoms with Gasteiger partial charge in [0.25, 0.3) is 6.01 Å². The van der Waals surface area contributed by atoms with E-state index in [0.29, 0.717) is 42.1 Å². The fourth-order valence-electron chi connectivity index (χ4n) is 8.64. The van der Waals surface area contributed by atoms with Crippen LogP contribution >= 0.6 is 0 Å². The molecule has 4 aliphatic carbocycles. The second-order valence-electron chi connectivity index (χ2n) is 13.0. The second-order valence-corrected chi connectivity index (χ2v) is 13.0. The summed E-state index contributed by atoms with van der Waals surface area (Å²) in [5, 5.41) is 22.7. The summed E-state index contributed by atoms with van der Waals surface area (Å²) >= 11 is 0. The number of hydrogen-bond donors (Lipinski definition) is 4. The largest absolute Gasteiger partial charge is 0.424 e. The minimum Gasteiger partial charge on any atom is -0.424 e. The van der Waals surface area contributed by atoms with Crippen LogP contribution in [0.4, 0.5) is 6.01 Å². The summed E-state index contributed by atoms with van der Waals surface area (Å²) in [6, 6.07) is 0.368. The number of ketones is 1. The highest BCUT2D eigenvalue weighted by Gasteiger charge is 2.62. The monoisotopic (exact) mass is 532 g/mol. The number of carbonyl (C=O) groups is 1. The van der Waals surface area contributed by atoms with E-state index in [1.807, 2.05) is 39.0 Å². The van der Waals surface area contributed by atoms with Crippen molar-refractivity contribution in [2.24, 2.45) is 40.2 Å².